The van der Waals surface area contributed by atoms with Gasteiger partial charge in [-0.2, -0.15) is 0 Å². The molecule has 0 spiro atoms. The number of hydrogen-bond acceptors (Lipinski definition) is 3. The molecule has 0 radical (unpaired) electrons. The highest BCUT2D eigenvalue weighted by atomic mass is 16.2. The third-order valence-corrected chi connectivity index (χ3v) is 4.37. The topological polar surface area (TPSA) is 44.4 Å². The Morgan fingerprint density at radius 1 is 1.33 bits per heavy atom. The van der Waals surface area contributed by atoms with Crippen molar-refractivity contribution in [3.05, 3.63) is 0 Å². The quantitative estimate of drug-likeness (QED) is 0.788. The van der Waals surface area contributed by atoms with Crippen molar-refractivity contribution in [3.8, 4) is 0 Å². The number of nitrogens with one attached hydrogen (secondary N) is 2. The molecular formula is C14H27N3O. The molecule has 18 heavy (non-hydrogen) atoms. The van der Waals surface area contributed by atoms with Crippen LogP contribution in [0.4, 0.5) is 0 Å². The summed E-state index contributed by atoms with van der Waals surface area (Å²) in [5, 5.41) is 6.56. The Hall–Kier alpha value is -0.610. The van der Waals surface area contributed by atoms with Gasteiger partial charge in [-0.3, -0.25) is 4.79 Å². The minimum atomic E-state index is 0.0229. The van der Waals surface area contributed by atoms with E-state index in [-0.39, 0.29) is 11.9 Å². The summed E-state index contributed by atoms with van der Waals surface area (Å²) in [5.74, 6) is 0.878. The molecule has 0 aromatic rings. The monoisotopic (exact) mass is 253 g/mol. The smallest absolute Gasteiger partial charge is 0.237 e. The molecule has 3 unspecified atom stereocenters. The number of carbonyl (C=O) groups excluding carboxylic acids is 1. The van der Waals surface area contributed by atoms with Crippen molar-refractivity contribution in [2.45, 2.75) is 51.1 Å². The Bertz CT molecular complexity index is 282. The fourth-order valence-corrected chi connectivity index (χ4v) is 3.17. The van der Waals surface area contributed by atoms with E-state index in [4.69, 9.17) is 0 Å². The third-order valence-electron chi connectivity index (χ3n) is 4.37. The third kappa shape index (κ3) is 3.69. The van der Waals surface area contributed by atoms with Gasteiger partial charge in [-0.05, 0) is 58.5 Å². The molecular weight excluding hydrogens is 226 g/mol. The molecule has 4 nitrogen and oxygen atoms in total. The van der Waals surface area contributed by atoms with E-state index in [0.29, 0.717) is 12.0 Å². The Labute approximate surface area is 110 Å². The van der Waals surface area contributed by atoms with Crippen molar-refractivity contribution in [2.75, 3.05) is 26.7 Å². The summed E-state index contributed by atoms with van der Waals surface area (Å²) in [7, 11) is 2.19. The predicted octanol–water partition coefficient (Wildman–Crippen LogP) is 0.975. The SMILES string of the molecule is CC(NC1CCCCNC1=O)C1CCCN(C)C1. The average Bonchev–Trinajstić information content (AvgIpc) is 2.55. The highest BCUT2D eigenvalue weighted by molar-refractivity contribution is 5.81. The van der Waals surface area contributed by atoms with E-state index in [1.807, 2.05) is 0 Å². The van der Waals surface area contributed by atoms with E-state index in [9.17, 15) is 4.79 Å². The summed E-state index contributed by atoms with van der Waals surface area (Å²) in [6.45, 7) is 5.45. The molecule has 2 saturated heterocycles. The Kier molecular flexibility index (Phi) is 5.01. The minimum Gasteiger partial charge on any atom is -0.355 e. The van der Waals surface area contributed by atoms with E-state index in [1.165, 1.54) is 19.4 Å². The van der Waals surface area contributed by atoms with Crippen LogP contribution in [0.5, 0.6) is 0 Å². The molecule has 3 atom stereocenters. The second kappa shape index (κ2) is 6.53. The van der Waals surface area contributed by atoms with Crippen LogP contribution < -0.4 is 10.6 Å². The van der Waals surface area contributed by atoms with E-state index in [1.54, 1.807) is 0 Å². The number of rotatable bonds is 3. The lowest BCUT2D eigenvalue weighted by molar-refractivity contribution is -0.123. The van der Waals surface area contributed by atoms with Crippen LogP contribution in [0.25, 0.3) is 0 Å². The highest BCUT2D eigenvalue weighted by Gasteiger charge is 2.27. The molecule has 0 bridgehead atoms. The van der Waals surface area contributed by atoms with E-state index >= 15 is 0 Å². The maximum absolute atomic E-state index is 11.9. The Morgan fingerprint density at radius 3 is 2.94 bits per heavy atom. The molecule has 1 amide bonds. The fourth-order valence-electron chi connectivity index (χ4n) is 3.17. The van der Waals surface area contributed by atoms with Crippen LogP contribution in [0.2, 0.25) is 0 Å². The summed E-state index contributed by atoms with van der Waals surface area (Å²) in [6.07, 6.45) is 5.81. The molecule has 2 heterocycles. The van der Waals surface area contributed by atoms with Gasteiger partial charge in [0.15, 0.2) is 0 Å². The first-order valence-corrected chi connectivity index (χ1v) is 7.39. The van der Waals surface area contributed by atoms with Crippen LogP contribution in [0.1, 0.15) is 39.0 Å². The van der Waals surface area contributed by atoms with Crippen molar-refractivity contribution < 1.29 is 4.79 Å². The van der Waals surface area contributed by atoms with Crippen LogP contribution in [0, 0.1) is 5.92 Å². The van der Waals surface area contributed by atoms with Gasteiger partial charge in [0, 0.05) is 19.1 Å². The first kappa shape index (κ1) is 13.8. The van der Waals surface area contributed by atoms with Crippen LogP contribution in [0.15, 0.2) is 0 Å². The Balaban J connectivity index is 1.85. The zero-order valence-corrected chi connectivity index (χ0v) is 11.7. The number of hydrogen-bond donors (Lipinski definition) is 2. The Morgan fingerprint density at radius 2 is 2.17 bits per heavy atom. The van der Waals surface area contributed by atoms with Crippen LogP contribution in [-0.2, 0) is 4.79 Å². The maximum atomic E-state index is 11.9. The molecule has 2 rings (SSSR count). The summed E-state index contributed by atoms with van der Waals surface area (Å²) in [6, 6.07) is 0.455. The first-order chi connectivity index (χ1) is 8.66. The van der Waals surface area contributed by atoms with Crippen molar-refractivity contribution in [1.82, 2.24) is 15.5 Å². The molecule has 2 aliphatic rings. The fraction of sp³-hybridized carbons (Fsp3) is 0.929. The van der Waals surface area contributed by atoms with E-state index < -0.39 is 0 Å². The molecule has 0 aliphatic carbocycles. The lowest BCUT2D eigenvalue weighted by Crippen LogP contribution is -2.51. The molecule has 2 N–H and O–H groups in total. The molecule has 4 heteroatoms. The molecule has 0 aromatic heterocycles. The second-order valence-electron chi connectivity index (χ2n) is 5.96. The van der Waals surface area contributed by atoms with Crippen LogP contribution in [0.3, 0.4) is 0 Å². The van der Waals surface area contributed by atoms with Crippen LogP contribution >= 0.6 is 0 Å². The summed E-state index contributed by atoms with van der Waals surface area (Å²) in [4.78, 5) is 14.3. The van der Waals surface area contributed by atoms with Gasteiger partial charge in [-0.15, -0.1) is 0 Å². The maximum Gasteiger partial charge on any atom is 0.237 e. The lowest BCUT2D eigenvalue weighted by atomic mass is 9.91. The second-order valence-corrected chi connectivity index (χ2v) is 5.96. The predicted molar refractivity (Wildman–Crippen MR) is 73.5 cm³/mol. The largest absolute Gasteiger partial charge is 0.355 e. The van der Waals surface area contributed by atoms with Gasteiger partial charge < -0.3 is 15.5 Å². The summed E-state index contributed by atoms with van der Waals surface area (Å²) >= 11 is 0. The van der Waals surface area contributed by atoms with Crippen LogP contribution in [-0.4, -0.2) is 49.6 Å². The van der Waals surface area contributed by atoms with Gasteiger partial charge in [0.25, 0.3) is 0 Å². The summed E-state index contributed by atoms with van der Waals surface area (Å²) in [5.41, 5.74) is 0. The molecule has 0 aromatic carbocycles. The number of likely N-dealkylation sites (tertiary alicyclic amines) is 1. The lowest BCUT2D eigenvalue weighted by Gasteiger charge is -2.35. The van der Waals surface area contributed by atoms with Gasteiger partial charge >= 0.3 is 0 Å². The van der Waals surface area contributed by atoms with Crippen molar-refractivity contribution >= 4 is 5.91 Å². The van der Waals surface area contributed by atoms with Gasteiger partial charge in [-0.1, -0.05) is 0 Å². The molecule has 2 fully saturated rings. The zero-order valence-electron chi connectivity index (χ0n) is 11.7. The van der Waals surface area contributed by atoms with E-state index in [2.05, 4.69) is 29.5 Å². The highest BCUT2D eigenvalue weighted by Crippen LogP contribution is 2.19. The van der Waals surface area contributed by atoms with E-state index in [0.717, 1.165) is 32.4 Å². The minimum absolute atomic E-state index is 0.0229. The number of nitrogens with zero attached hydrogens (tertiary/aromatic N) is 1. The number of carbonyl (C=O) groups is 1. The van der Waals surface area contributed by atoms with Gasteiger partial charge in [-0.25, -0.2) is 0 Å². The standard InChI is InChI=1S/C14H27N3O/c1-11(12-6-5-9-17(2)10-12)16-13-7-3-4-8-15-14(13)18/h11-13,16H,3-10H2,1-2H3,(H,15,18). The van der Waals surface area contributed by atoms with Gasteiger partial charge in [0.05, 0.1) is 6.04 Å². The average molecular weight is 253 g/mol. The van der Waals surface area contributed by atoms with Gasteiger partial charge in [0.1, 0.15) is 0 Å². The van der Waals surface area contributed by atoms with Crippen molar-refractivity contribution in [3.63, 3.8) is 0 Å². The summed E-state index contributed by atoms with van der Waals surface area (Å²) < 4.78 is 0. The zero-order chi connectivity index (χ0) is 13.0. The molecule has 104 valence electrons. The number of amides is 1. The first-order valence-electron chi connectivity index (χ1n) is 7.39. The normalized spacial score (nSPS) is 32.7. The van der Waals surface area contributed by atoms with Crippen molar-refractivity contribution in [2.24, 2.45) is 5.92 Å². The number of piperidine rings is 1. The van der Waals surface area contributed by atoms with Gasteiger partial charge in [0.2, 0.25) is 5.91 Å². The van der Waals surface area contributed by atoms with Crippen molar-refractivity contribution in [1.29, 1.82) is 0 Å². The molecule has 0 saturated carbocycles. The molecule has 2 aliphatic heterocycles.